The van der Waals surface area contributed by atoms with Crippen LogP contribution in [0, 0.1) is 0 Å². The van der Waals surface area contributed by atoms with Crippen LogP contribution in [0.1, 0.15) is 30.9 Å². The van der Waals surface area contributed by atoms with Crippen LogP contribution in [0.5, 0.6) is 0 Å². The summed E-state index contributed by atoms with van der Waals surface area (Å²) < 4.78 is 0. The van der Waals surface area contributed by atoms with E-state index in [4.69, 9.17) is 0 Å². The number of anilines is 1. The summed E-state index contributed by atoms with van der Waals surface area (Å²) in [7, 11) is 0. The van der Waals surface area contributed by atoms with Gasteiger partial charge < -0.3 is 5.32 Å². The molecular weight excluding hydrogens is 248 g/mol. The highest BCUT2D eigenvalue weighted by molar-refractivity contribution is 6.02. The quantitative estimate of drug-likeness (QED) is 0.854. The van der Waals surface area contributed by atoms with Crippen molar-refractivity contribution in [2.75, 3.05) is 5.32 Å². The van der Waals surface area contributed by atoms with E-state index in [1.807, 2.05) is 36.4 Å². The van der Waals surface area contributed by atoms with Crippen molar-refractivity contribution in [2.24, 2.45) is 0 Å². The summed E-state index contributed by atoms with van der Waals surface area (Å²) in [4.78, 5) is 15.9. The van der Waals surface area contributed by atoms with E-state index in [2.05, 4.69) is 24.1 Å². The summed E-state index contributed by atoms with van der Waals surface area (Å²) in [5.74, 6) is 0.232. The van der Waals surface area contributed by atoms with Gasteiger partial charge in [0.05, 0.1) is 0 Å². The van der Waals surface area contributed by atoms with Crippen molar-refractivity contribution >= 4 is 17.7 Å². The molecule has 20 heavy (non-hydrogen) atoms. The van der Waals surface area contributed by atoms with Crippen molar-refractivity contribution in [1.29, 1.82) is 0 Å². The lowest BCUT2D eigenvalue weighted by Crippen LogP contribution is -2.10. The molecule has 102 valence electrons. The van der Waals surface area contributed by atoms with Crippen LogP contribution in [0.15, 0.2) is 54.9 Å². The smallest absolute Gasteiger partial charge is 0.248 e. The zero-order valence-electron chi connectivity index (χ0n) is 11.7. The van der Waals surface area contributed by atoms with Gasteiger partial charge in [-0.05, 0) is 35.3 Å². The molecule has 1 aromatic heterocycles. The van der Waals surface area contributed by atoms with Gasteiger partial charge in [-0.1, -0.05) is 38.1 Å². The number of hydrogen-bond acceptors (Lipinski definition) is 2. The average molecular weight is 266 g/mol. The van der Waals surface area contributed by atoms with Crippen LogP contribution in [-0.2, 0) is 4.79 Å². The molecule has 0 aliphatic carbocycles. The molecule has 0 aliphatic heterocycles. The fourth-order valence-corrected chi connectivity index (χ4v) is 1.94. The maximum absolute atomic E-state index is 11.9. The maximum Gasteiger partial charge on any atom is 0.248 e. The van der Waals surface area contributed by atoms with Crippen LogP contribution in [-0.4, -0.2) is 10.9 Å². The predicted molar refractivity (Wildman–Crippen MR) is 82.4 cm³/mol. The SMILES string of the molecule is CC(C)c1ccccc1NC(=O)C=Cc1cccnc1. The number of pyridine rings is 1. The van der Waals surface area contributed by atoms with Crippen molar-refractivity contribution < 1.29 is 4.79 Å². The molecule has 0 saturated carbocycles. The minimum atomic E-state index is -0.137. The molecule has 1 heterocycles. The first-order valence-electron chi connectivity index (χ1n) is 6.65. The van der Waals surface area contributed by atoms with Gasteiger partial charge in [-0.15, -0.1) is 0 Å². The standard InChI is InChI=1S/C17H18N2O/c1-13(2)15-7-3-4-8-16(15)19-17(20)10-9-14-6-5-11-18-12-14/h3-13H,1-2H3,(H,19,20). The number of rotatable bonds is 4. The van der Waals surface area contributed by atoms with Gasteiger partial charge in [0.2, 0.25) is 5.91 Å². The van der Waals surface area contributed by atoms with E-state index >= 15 is 0 Å². The second kappa shape index (κ2) is 6.66. The van der Waals surface area contributed by atoms with Gasteiger partial charge in [0.15, 0.2) is 0 Å². The lowest BCUT2D eigenvalue weighted by atomic mass is 10.0. The first-order chi connectivity index (χ1) is 9.66. The Morgan fingerprint density at radius 2 is 2.00 bits per heavy atom. The van der Waals surface area contributed by atoms with E-state index in [9.17, 15) is 4.79 Å². The molecule has 0 saturated heterocycles. The van der Waals surface area contributed by atoms with Crippen molar-refractivity contribution in [3.8, 4) is 0 Å². The number of para-hydroxylation sites is 1. The number of hydrogen-bond donors (Lipinski definition) is 1. The Morgan fingerprint density at radius 3 is 2.70 bits per heavy atom. The van der Waals surface area contributed by atoms with Crippen molar-refractivity contribution in [3.63, 3.8) is 0 Å². The third kappa shape index (κ3) is 3.79. The van der Waals surface area contributed by atoms with Crippen LogP contribution in [0.3, 0.4) is 0 Å². The predicted octanol–water partition coefficient (Wildman–Crippen LogP) is 3.86. The van der Waals surface area contributed by atoms with Gasteiger partial charge in [-0.3, -0.25) is 9.78 Å². The Labute approximate surface area is 119 Å². The third-order valence-corrected chi connectivity index (χ3v) is 2.95. The van der Waals surface area contributed by atoms with Crippen molar-refractivity contribution in [1.82, 2.24) is 4.98 Å². The molecule has 2 rings (SSSR count). The molecule has 1 aromatic carbocycles. The average Bonchev–Trinajstić information content (AvgIpc) is 2.46. The molecular formula is C17H18N2O. The molecule has 0 atom stereocenters. The summed E-state index contributed by atoms with van der Waals surface area (Å²) >= 11 is 0. The Balaban J connectivity index is 2.07. The zero-order valence-corrected chi connectivity index (χ0v) is 11.7. The monoisotopic (exact) mass is 266 g/mol. The Morgan fingerprint density at radius 1 is 1.20 bits per heavy atom. The van der Waals surface area contributed by atoms with Gasteiger partial charge >= 0.3 is 0 Å². The minimum absolute atomic E-state index is 0.137. The second-order valence-electron chi connectivity index (χ2n) is 4.85. The molecule has 0 fully saturated rings. The second-order valence-corrected chi connectivity index (χ2v) is 4.85. The van der Waals surface area contributed by atoms with Gasteiger partial charge in [-0.2, -0.15) is 0 Å². The Hall–Kier alpha value is -2.42. The topological polar surface area (TPSA) is 42.0 Å². The lowest BCUT2D eigenvalue weighted by molar-refractivity contribution is -0.111. The first kappa shape index (κ1) is 14.0. The normalized spacial score (nSPS) is 10.9. The molecule has 0 unspecified atom stereocenters. The Kier molecular flexibility index (Phi) is 4.66. The highest BCUT2D eigenvalue weighted by Gasteiger charge is 2.07. The number of nitrogens with zero attached hydrogens (tertiary/aromatic N) is 1. The fraction of sp³-hybridized carbons (Fsp3) is 0.176. The van der Waals surface area contributed by atoms with E-state index in [0.717, 1.165) is 16.8 Å². The summed E-state index contributed by atoms with van der Waals surface area (Å²) in [6.45, 7) is 4.22. The highest BCUT2D eigenvalue weighted by Crippen LogP contribution is 2.23. The molecule has 0 radical (unpaired) electrons. The minimum Gasteiger partial charge on any atom is -0.322 e. The van der Waals surface area contributed by atoms with Crippen LogP contribution >= 0.6 is 0 Å². The van der Waals surface area contributed by atoms with Gasteiger partial charge in [-0.25, -0.2) is 0 Å². The van der Waals surface area contributed by atoms with Crippen LogP contribution in [0.4, 0.5) is 5.69 Å². The van der Waals surface area contributed by atoms with Gasteiger partial charge in [0.25, 0.3) is 0 Å². The molecule has 3 nitrogen and oxygen atoms in total. The largest absolute Gasteiger partial charge is 0.322 e. The number of amides is 1. The van der Waals surface area contributed by atoms with E-state index in [-0.39, 0.29) is 5.91 Å². The number of aromatic nitrogens is 1. The molecule has 1 N–H and O–H groups in total. The van der Waals surface area contributed by atoms with E-state index in [0.29, 0.717) is 5.92 Å². The lowest BCUT2D eigenvalue weighted by Gasteiger charge is -2.12. The summed E-state index contributed by atoms with van der Waals surface area (Å²) in [6.07, 6.45) is 6.69. The highest BCUT2D eigenvalue weighted by atomic mass is 16.1. The Bertz CT molecular complexity index is 603. The van der Waals surface area contributed by atoms with E-state index in [1.165, 1.54) is 6.08 Å². The number of benzene rings is 1. The summed E-state index contributed by atoms with van der Waals surface area (Å²) in [5, 5.41) is 2.92. The number of carbonyl (C=O) groups is 1. The maximum atomic E-state index is 11.9. The molecule has 0 spiro atoms. The van der Waals surface area contributed by atoms with Crippen LogP contribution in [0.25, 0.3) is 6.08 Å². The molecule has 2 aromatic rings. The molecule has 3 heteroatoms. The summed E-state index contributed by atoms with van der Waals surface area (Å²) in [5.41, 5.74) is 2.90. The van der Waals surface area contributed by atoms with Crippen LogP contribution < -0.4 is 5.32 Å². The molecule has 0 bridgehead atoms. The number of nitrogens with one attached hydrogen (secondary N) is 1. The zero-order chi connectivity index (χ0) is 14.4. The van der Waals surface area contributed by atoms with Gasteiger partial charge in [0, 0.05) is 24.2 Å². The first-order valence-corrected chi connectivity index (χ1v) is 6.65. The van der Waals surface area contributed by atoms with Crippen LogP contribution in [0.2, 0.25) is 0 Å². The number of carbonyl (C=O) groups excluding carboxylic acids is 1. The van der Waals surface area contributed by atoms with Crippen molar-refractivity contribution in [3.05, 3.63) is 66.0 Å². The molecule has 0 aliphatic rings. The molecule has 1 amide bonds. The fourth-order valence-electron chi connectivity index (χ4n) is 1.94. The van der Waals surface area contributed by atoms with E-state index in [1.54, 1.807) is 18.5 Å². The third-order valence-electron chi connectivity index (χ3n) is 2.95. The summed E-state index contributed by atoms with van der Waals surface area (Å²) in [6, 6.07) is 11.6. The van der Waals surface area contributed by atoms with Crippen molar-refractivity contribution in [2.45, 2.75) is 19.8 Å². The van der Waals surface area contributed by atoms with E-state index < -0.39 is 0 Å². The van der Waals surface area contributed by atoms with Gasteiger partial charge in [0.1, 0.15) is 0 Å².